The first-order valence-electron chi connectivity index (χ1n) is 3.90. The van der Waals surface area contributed by atoms with Gasteiger partial charge in [-0.1, -0.05) is 12.1 Å². The first kappa shape index (κ1) is 8.91. The SMILES string of the molecule is CC(C)=NCc1ccc(F)cc1. The summed E-state index contributed by atoms with van der Waals surface area (Å²) in [6, 6.07) is 6.41. The molecule has 2 heteroatoms. The van der Waals surface area contributed by atoms with Gasteiger partial charge in [0.1, 0.15) is 5.82 Å². The molecule has 0 unspecified atom stereocenters. The first-order chi connectivity index (χ1) is 5.68. The Hall–Kier alpha value is -1.18. The second kappa shape index (κ2) is 4.00. The average Bonchev–Trinajstić information content (AvgIpc) is 2.03. The van der Waals surface area contributed by atoms with Crippen molar-refractivity contribution in [1.82, 2.24) is 0 Å². The van der Waals surface area contributed by atoms with E-state index in [0.717, 1.165) is 11.3 Å². The number of benzene rings is 1. The van der Waals surface area contributed by atoms with Crippen LogP contribution in [0.5, 0.6) is 0 Å². The summed E-state index contributed by atoms with van der Waals surface area (Å²) >= 11 is 0. The second-order valence-electron chi connectivity index (χ2n) is 2.89. The molecular weight excluding hydrogens is 153 g/mol. The highest BCUT2D eigenvalue weighted by molar-refractivity contribution is 5.79. The van der Waals surface area contributed by atoms with Gasteiger partial charge in [0.05, 0.1) is 6.54 Å². The molecule has 1 rings (SSSR count). The van der Waals surface area contributed by atoms with Crippen LogP contribution in [0, 0.1) is 5.82 Å². The summed E-state index contributed by atoms with van der Waals surface area (Å²) in [7, 11) is 0. The number of rotatable bonds is 2. The second-order valence-corrected chi connectivity index (χ2v) is 2.89. The molecule has 0 fully saturated rings. The summed E-state index contributed by atoms with van der Waals surface area (Å²) in [4.78, 5) is 4.22. The average molecular weight is 165 g/mol. The van der Waals surface area contributed by atoms with Crippen molar-refractivity contribution in [3.63, 3.8) is 0 Å². The van der Waals surface area contributed by atoms with E-state index in [9.17, 15) is 4.39 Å². The number of halogens is 1. The molecule has 12 heavy (non-hydrogen) atoms. The fraction of sp³-hybridized carbons (Fsp3) is 0.300. The Labute approximate surface area is 72.0 Å². The van der Waals surface area contributed by atoms with Crippen molar-refractivity contribution in [1.29, 1.82) is 0 Å². The summed E-state index contributed by atoms with van der Waals surface area (Å²) < 4.78 is 12.4. The summed E-state index contributed by atoms with van der Waals surface area (Å²) in [5, 5.41) is 0. The zero-order valence-corrected chi connectivity index (χ0v) is 7.34. The lowest BCUT2D eigenvalue weighted by atomic mass is 10.2. The van der Waals surface area contributed by atoms with E-state index in [1.54, 1.807) is 12.1 Å². The molecule has 0 saturated heterocycles. The Bertz CT molecular complexity index is 270. The molecule has 0 aromatic heterocycles. The fourth-order valence-corrected chi connectivity index (χ4v) is 0.839. The Morgan fingerprint density at radius 2 is 1.83 bits per heavy atom. The van der Waals surface area contributed by atoms with E-state index >= 15 is 0 Å². The Balaban J connectivity index is 2.65. The maximum atomic E-state index is 12.4. The van der Waals surface area contributed by atoms with Crippen LogP contribution < -0.4 is 0 Å². The minimum absolute atomic E-state index is 0.198. The largest absolute Gasteiger partial charge is 0.290 e. The third-order valence-corrected chi connectivity index (χ3v) is 1.49. The van der Waals surface area contributed by atoms with E-state index < -0.39 is 0 Å². The predicted octanol–water partition coefficient (Wildman–Crippen LogP) is 2.81. The summed E-state index contributed by atoms with van der Waals surface area (Å²) in [5.41, 5.74) is 2.08. The Morgan fingerprint density at radius 1 is 1.25 bits per heavy atom. The van der Waals surface area contributed by atoms with Crippen molar-refractivity contribution in [2.24, 2.45) is 4.99 Å². The van der Waals surface area contributed by atoms with E-state index in [1.807, 2.05) is 13.8 Å². The van der Waals surface area contributed by atoms with Gasteiger partial charge in [-0.05, 0) is 31.5 Å². The molecule has 0 saturated carbocycles. The standard InChI is InChI=1S/C10H12FN/c1-8(2)12-7-9-3-5-10(11)6-4-9/h3-6H,7H2,1-2H3. The van der Waals surface area contributed by atoms with Gasteiger partial charge in [-0.2, -0.15) is 0 Å². The fourth-order valence-electron chi connectivity index (χ4n) is 0.839. The van der Waals surface area contributed by atoms with Crippen LogP contribution in [-0.4, -0.2) is 5.71 Å². The molecule has 0 amide bonds. The maximum absolute atomic E-state index is 12.4. The molecular formula is C10H12FN. The highest BCUT2D eigenvalue weighted by Crippen LogP contribution is 2.03. The molecule has 0 N–H and O–H groups in total. The van der Waals surface area contributed by atoms with Crippen molar-refractivity contribution < 1.29 is 4.39 Å². The maximum Gasteiger partial charge on any atom is 0.123 e. The molecule has 0 spiro atoms. The highest BCUT2D eigenvalue weighted by Gasteiger charge is 1.91. The van der Waals surface area contributed by atoms with Crippen molar-refractivity contribution in [2.75, 3.05) is 0 Å². The zero-order valence-electron chi connectivity index (χ0n) is 7.34. The van der Waals surface area contributed by atoms with Crippen molar-refractivity contribution in [3.8, 4) is 0 Å². The quantitative estimate of drug-likeness (QED) is 0.597. The summed E-state index contributed by atoms with van der Waals surface area (Å²) in [5.74, 6) is -0.198. The normalized spacial score (nSPS) is 9.58. The van der Waals surface area contributed by atoms with Crippen LogP contribution in [0.25, 0.3) is 0 Å². The minimum Gasteiger partial charge on any atom is -0.290 e. The number of hydrogen-bond acceptors (Lipinski definition) is 1. The van der Waals surface area contributed by atoms with Crippen molar-refractivity contribution >= 4 is 5.71 Å². The van der Waals surface area contributed by atoms with Gasteiger partial charge < -0.3 is 0 Å². The smallest absolute Gasteiger partial charge is 0.123 e. The van der Waals surface area contributed by atoms with Gasteiger partial charge in [-0.15, -0.1) is 0 Å². The van der Waals surface area contributed by atoms with E-state index in [0.29, 0.717) is 6.54 Å². The molecule has 64 valence electrons. The zero-order chi connectivity index (χ0) is 8.97. The molecule has 0 aliphatic carbocycles. The molecule has 1 aromatic rings. The Kier molecular flexibility index (Phi) is 2.97. The summed E-state index contributed by atoms with van der Waals surface area (Å²) in [6.07, 6.45) is 0. The number of hydrogen-bond donors (Lipinski definition) is 0. The molecule has 0 bridgehead atoms. The van der Waals surface area contributed by atoms with Crippen LogP contribution in [0.1, 0.15) is 19.4 Å². The topological polar surface area (TPSA) is 12.4 Å². The molecule has 0 aliphatic rings. The lowest BCUT2D eigenvalue weighted by molar-refractivity contribution is 0.627. The molecule has 1 aromatic carbocycles. The minimum atomic E-state index is -0.198. The van der Waals surface area contributed by atoms with Crippen LogP contribution in [0.3, 0.4) is 0 Å². The van der Waals surface area contributed by atoms with Gasteiger partial charge in [0.2, 0.25) is 0 Å². The van der Waals surface area contributed by atoms with Crippen molar-refractivity contribution in [3.05, 3.63) is 35.6 Å². The van der Waals surface area contributed by atoms with Gasteiger partial charge in [0.15, 0.2) is 0 Å². The van der Waals surface area contributed by atoms with Crippen LogP contribution >= 0.6 is 0 Å². The van der Waals surface area contributed by atoms with Crippen LogP contribution in [0.15, 0.2) is 29.3 Å². The number of nitrogens with zero attached hydrogens (tertiary/aromatic N) is 1. The first-order valence-corrected chi connectivity index (χ1v) is 3.90. The van der Waals surface area contributed by atoms with Gasteiger partial charge in [-0.25, -0.2) is 4.39 Å². The van der Waals surface area contributed by atoms with E-state index in [2.05, 4.69) is 4.99 Å². The molecule has 1 nitrogen and oxygen atoms in total. The van der Waals surface area contributed by atoms with Crippen molar-refractivity contribution in [2.45, 2.75) is 20.4 Å². The lowest BCUT2D eigenvalue weighted by Gasteiger charge is -1.96. The van der Waals surface area contributed by atoms with E-state index in [1.165, 1.54) is 12.1 Å². The van der Waals surface area contributed by atoms with Gasteiger partial charge >= 0.3 is 0 Å². The monoisotopic (exact) mass is 165 g/mol. The number of aliphatic imine (C=N–C) groups is 1. The van der Waals surface area contributed by atoms with Gasteiger partial charge in [0.25, 0.3) is 0 Å². The van der Waals surface area contributed by atoms with E-state index in [4.69, 9.17) is 0 Å². The van der Waals surface area contributed by atoms with Gasteiger partial charge in [-0.3, -0.25) is 4.99 Å². The Morgan fingerprint density at radius 3 is 2.33 bits per heavy atom. The molecule has 0 radical (unpaired) electrons. The molecule has 0 heterocycles. The van der Waals surface area contributed by atoms with E-state index in [-0.39, 0.29) is 5.82 Å². The molecule has 0 atom stereocenters. The highest BCUT2D eigenvalue weighted by atomic mass is 19.1. The van der Waals surface area contributed by atoms with Crippen LogP contribution in [0.2, 0.25) is 0 Å². The van der Waals surface area contributed by atoms with Gasteiger partial charge in [0, 0.05) is 5.71 Å². The molecule has 0 aliphatic heterocycles. The third kappa shape index (κ3) is 2.82. The third-order valence-electron chi connectivity index (χ3n) is 1.49. The van der Waals surface area contributed by atoms with Crippen LogP contribution in [-0.2, 0) is 6.54 Å². The summed E-state index contributed by atoms with van der Waals surface area (Å²) in [6.45, 7) is 4.54. The van der Waals surface area contributed by atoms with Crippen LogP contribution in [0.4, 0.5) is 4.39 Å². The predicted molar refractivity (Wildman–Crippen MR) is 48.9 cm³/mol. The lowest BCUT2D eigenvalue weighted by Crippen LogP contribution is -1.86.